The van der Waals surface area contributed by atoms with Crippen LogP contribution in [0.15, 0.2) is 6.20 Å². The number of likely N-dealkylation sites (tertiary alicyclic amines) is 1. The van der Waals surface area contributed by atoms with Crippen LogP contribution in [0.4, 0.5) is 0 Å². The van der Waals surface area contributed by atoms with E-state index in [0.29, 0.717) is 6.04 Å². The van der Waals surface area contributed by atoms with Gasteiger partial charge in [-0.1, -0.05) is 19.1 Å². The summed E-state index contributed by atoms with van der Waals surface area (Å²) in [6.45, 7) is 8.51. The predicted molar refractivity (Wildman–Crippen MR) is 74.7 cm³/mol. The van der Waals surface area contributed by atoms with Crippen LogP contribution in [0, 0.1) is 5.92 Å². The smallest absolute Gasteiger partial charge is 0.0964 e. The Labute approximate surface area is 115 Å². The van der Waals surface area contributed by atoms with Gasteiger partial charge in [-0.05, 0) is 25.2 Å². The first kappa shape index (κ1) is 13.1. The van der Waals surface area contributed by atoms with Gasteiger partial charge in [0.2, 0.25) is 0 Å². The van der Waals surface area contributed by atoms with E-state index in [-0.39, 0.29) is 0 Å². The van der Waals surface area contributed by atoms with Gasteiger partial charge < -0.3 is 5.32 Å². The maximum absolute atomic E-state index is 4.22. The Morgan fingerprint density at radius 1 is 1.37 bits per heavy atom. The Hall–Kier alpha value is -0.940. The van der Waals surface area contributed by atoms with E-state index in [1.807, 2.05) is 4.68 Å². The predicted octanol–water partition coefficient (Wildman–Crippen LogP) is 1.26. The van der Waals surface area contributed by atoms with Gasteiger partial charge in [0.25, 0.3) is 0 Å². The molecule has 2 fully saturated rings. The molecule has 106 valence electrons. The Balaban J connectivity index is 1.45. The van der Waals surface area contributed by atoms with Crippen molar-refractivity contribution < 1.29 is 0 Å². The maximum atomic E-state index is 4.22. The van der Waals surface area contributed by atoms with Gasteiger partial charge in [0.05, 0.1) is 12.2 Å². The van der Waals surface area contributed by atoms with Crippen LogP contribution in [0.1, 0.15) is 38.8 Å². The molecule has 1 saturated carbocycles. The number of piperidine rings is 1. The van der Waals surface area contributed by atoms with Crippen molar-refractivity contribution in [1.82, 2.24) is 25.2 Å². The summed E-state index contributed by atoms with van der Waals surface area (Å²) in [5.41, 5.74) is 1.04. The third-order valence-electron chi connectivity index (χ3n) is 4.42. The van der Waals surface area contributed by atoms with Crippen LogP contribution < -0.4 is 5.32 Å². The van der Waals surface area contributed by atoms with Gasteiger partial charge in [0.15, 0.2) is 0 Å². The SMILES string of the molecule is CC(C)NCc1cn(CCN2CC3CCC2C3)nn1. The third-order valence-corrected chi connectivity index (χ3v) is 4.42. The van der Waals surface area contributed by atoms with E-state index in [1.165, 1.54) is 25.8 Å². The number of rotatable bonds is 6. The first-order chi connectivity index (χ1) is 9.20. The average molecular weight is 263 g/mol. The monoisotopic (exact) mass is 263 g/mol. The molecular weight excluding hydrogens is 238 g/mol. The van der Waals surface area contributed by atoms with Gasteiger partial charge in [-0.2, -0.15) is 0 Å². The first-order valence-electron chi connectivity index (χ1n) is 7.57. The summed E-state index contributed by atoms with van der Waals surface area (Å²) in [6.07, 6.45) is 6.37. The van der Waals surface area contributed by atoms with Crippen LogP contribution in [0.25, 0.3) is 0 Å². The molecule has 1 aromatic rings. The minimum atomic E-state index is 0.491. The second-order valence-corrected chi connectivity index (χ2v) is 6.34. The first-order valence-corrected chi connectivity index (χ1v) is 7.57. The molecule has 0 aromatic carbocycles. The lowest BCUT2D eigenvalue weighted by Gasteiger charge is -2.26. The summed E-state index contributed by atoms with van der Waals surface area (Å²) in [5.74, 6) is 0.978. The molecule has 2 bridgehead atoms. The summed E-state index contributed by atoms with van der Waals surface area (Å²) >= 11 is 0. The lowest BCUT2D eigenvalue weighted by atomic mass is 10.1. The molecule has 19 heavy (non-hydrogen) atoms. The van der Waals surface area contributed by atoms with Crippen molar-refractivity contribution in [2.24, 2.45) is 5.92 Å². The second kappa shape index (κ2) is 5.59. The van der Waals surface area contributed by atoms with E-state index in [1.54, 1.807) is 0 Å². The summed E-state index contributed by atoms with van der Waals surface area (Å²) in [6, 6.07) is 1.35. The fourth-order valence-electron chi connectivity index (χ4n) is 3.37. The summed E-state index contributed by atoms with van der Waals surface area (Å²) in [5, 5.41) is 11.8. The molecule has 2 unspecified atom stereocenters. The highest BCUT2D eigenvalue weighted by Gasteiger charge is 2.37. The molecule has 2 heterocycles. The lowest BCUT2D eigenvalue weighted by Crippen LogP contribution is -2.34. The van der Waals surface area contributed by atoms with E-state index in [0.717, 1.165) is 37.3 Å². The standard InChI is InChI=1S/C14H25N5/c1-11(2)15-8-13-10-19(17-16-13)6-5-18-9-12-3-4-14(18)7-12/h10-12,14-15H,3-9H2,1-2H3. The minimum absolute atomic E-state index is 0.491. The van der Waals surface area contributed by atoms with Gasteiger partial charge in [0, 0.05) is 37.9 Å². The van der Waals surface area contributed by atoms with Crippen LogP contribution in [-0.4, -0.2) is 45.1 Å². The van der Waals surface area contributed by atoms with Crippen LogP contribution in [0.3, 0.4) is 0 Å². The van der Waals surface area contributed by atoms with Gasteiger partial charge >= 0.3 is 0 Å². The molecule has 1 aliphatic heterocycles. The minimum Gasteiger partial charge on any atom is -0.309 e. The number of hydrogen-bond acceptors (Lipinski definition) is 4. The van der Waals surface area contributed by atoms with E-state index < -0.39 is 0 Å². The van der Waals surface area contributed by atoms with E-state index >= 15 is 0 Å². The Bertz CT molecular complexity index is 414. The molecule has 0 spiro atoms. The zero-order valence-electron chi connectivity index (χ0n) is 12.0. The van der Waals surface area contributed by atoms with Gasteiger partial charge in [-0.15, -0.1) is 5.10 Å². The Morgan fingerprint density at radius 2 is 2.26 bits per heavy atom. The topological polar surface area (TPSA) is 46.0 Å². The van der Waals surface area contributed by atoms with Crippen molar-refractivity contribution >= 4 is 0 Å². The zero-order valence-corrected chi connectivity index (χ0v) is 12.0. The molecule has 5 nitrogen and oxygen atoms in total. The average Bonchev–Trinajstić information content (AvgIpc) is 3.10. The van der Waals surface area contributed by atoms with Crippen molar-refractivity contribution in [1.29, 1.82) is 0 Å². The molecule has 1 N–H and O–H groups in total. The van der Waals surface area contributed by atoms with E-state index in [2.05, 4.69) is 40.6 Å². The largest absolute Gasteiger partial charge is 0.309 e. The molecule has 2 atom stereocenters. The zero-order chi connectivity index (χ0) is 13.2. The Morgan fingerprint density at radius 3 is 2.95 bits per heavy atom. The number of fused-ring (bicyclic) bond motifs is 2. The summed E-state index contributed by atoms with van der Waals surface area (Å²) < 4.78 is 1.99. The maximum Gasteiger partial charge on any atom is 0.0964 e. The van der Waals surface area contributed by atoms with Crippen molar-refractivity contribution in [2.75, 3.05) is 13.1 Å². The molecular formula is C14H25N5. The molecule has 1 aromatic heterocycles. The number of nitrogens with zero attached hydrogens (tertiary/aromatic N) is 4. The molecule has 0 amide bonds. The normalized spacial score (nSPS) is 26.7. The molecule has 5 heteroatoms. The second-order valence-electron chi connectivity index (χ2n) is 6.34. The fraction of sp³-hybridized carbons (Fsp3) is 0.857. The van der Waals surface area contributed by atoms with Crippen molar-refractivity contribution in [3.05, 3.63) is 11.9 Å². The highest BCUT2D eigenvalue weighted by Crippen LogP contribution is 2.36. The quantitative estimate of drug-likeness (QED) is 0.839. The lowest BCUT2D eigenvalue weighted by molar-refractivity contribution is 0.203. The van der Waals surface area contributed by atoms with Crippen molar-refractivity contribution in [2.45, 2.75) is 58.3 Å². The third kappa shape index (κ3) is 3.15. The Kier molecular flexibility index (Phi) is 3.84. The van der Waals surface area contributed by atoms with E-state index in [9.17, 15) is 0 Å². The number of nitrogens with one attached hydrogen (secondary N) is 1. The molecule has 1 aliphatic carbocycles. The molecule has 0 radical (unpaired) electrons. The van der Waals surface area contributed by atoms with Gasteiger partial charge in [-0.25, -0.2) is 0 Å². The molecule has 1 saturated heterocycles. The van der Waals surface area contributed by atoms with Gasteiger partial charge in [0.1, 0.15) is 0 Å². The number of aromatic nitrogens is 3. The van der Waals surface area contributed by atoms with Crippen LogP contribution in [-0.2, 0) is 13.1 Å². The van der Waals surface area contributed by atoms with Crippen molar-refractivity contribution in [3.63, 3.8) is 0 Å². The number of hydrogen-bond donors (Lipinski definition) is 1. The molecule has 2 aliphatic rings. The van der Waals surface area contributed by atoms with Gasteiger partial charge in [-0.3, -0.25) is 9.58 Å². The van der Waals surface area contributed by atoms with E-state index in [4.69, 9.17) is 0 Å². The highest BCUT2D eigenvalue weighted by molar-refractivity contribution is 4.94. The fourth-order valence-corrected chi connectivity index (χ4v) is 3.37. The summed E-state index contributed by atoms with van der Waals surface area (Å²) in [4.78, 5) is 2.64. The summed E-state index contributed by atoms with van der Waals surface area (Å²) in [7, 11) is 0. The molecule has 3 rings (SSSR count). The van der Waals surface area contributed by atoms with Crippen LogP contribution >= 0.6 is 0 Å². The van der Waals surface area contributed by atoms with Crippen LogP contribution in [0.2, 0.25) is 0 Å². The highest BCUT2D eigenvalue weighted by atomic mass is 15.4. The van der Waals surface area contributed by atoms with Crippen molar-refractivity contribution in [3.8, 4) is 0 Å². The van der Waals surface area contributed by atoms with Crippen LogP contribution in [0.5, 0.6) is 0 Å².